The first-order valence-corrected chi connectivity index (χ1v) is 7.07. The molecule has 0 atom stereocenters. The standard InChI is InChI=1S/C15H20N4/c16-10-13-4-1-2-5-15(13)19-7-3-6-18(8-9-19)14-11-17-12-14/h1-2,4-5,14,17H,3,6-9,11-12H2. The number of nitriles is 1. The molecule has 1 N–H and O–H groups in total. The number of nitrogens with zero attached hydrogens (tertiary/aromatic N) is 3. The number of para-hydroxylation sites is 1. The van der Waals surface area contributed by atoms with Crippen molar-refractivity contribution in [3.63, 3.8) is 0 Å². The third-order valence-corrected chi connectivity index (χ3v) is 4.17. The highest BCUT2D eigenvalue weighted by atomic mass is 15.3. The second-order valence-electron chi connectivity index (χ2n) is 5.32. The quantitative estimate of drug-likeness (QED) is 0.858. The third kappa shape index (κ3) is 2.58. The minimum Gasteiger partial charge on any atom is -0.369 e. The number of benzene rings is 1. The second kappa shape index (κ2) is 5.60. The molecule has 0 radical (unpaired) electrons. The molecule has 2 heterocycles. The van der Waals surface area contributed by atoms with Gasteiger partial charge < -0.3 is 10.2 Å². The van der Waals surface area contributed by atoms with Crippen molar-refractivity contribution >= 4 is 5.69 Å². The predicted octanol–water partition coefficient (Wildman–Crippen LogP) is 1.04. The fourth-order valence-corrected chi connectivity index (χ4v) is 2.92. The smallest absolute Gasteiger partial charge is 0.101 e. The molecule has 19 heavy (non-hydrogen) atoms. The SMILES string of the molecule is N#Cc1ccccc1N1CCCN(C2CNC2)CC1. The highest BCUT2D eigenvalue weighted by molar-refractivity contribution is 5.59. The van der Waals surface area contributed by atoms with E-state index in [-0.39, 0.29) is 0 Å². The van der Waals surface area contributed by atoms with Gasteiger partial charge in [-0.25, -0.2) is 0 Å². The maximum Gasteiger partial charge on any atom is 0.101 e. The molecule has 2 saturated heterocycles. The molecule has 0 unspecified atom stereocenters. The zero-order valence-electron chi connectivity index (χ0n) is 11.2. The second-order valence-corrected chi connectivity index (χ2v) is 5.32. The Hall–Kier alpha value is -1.57. The maximum absolute atomic E-state index is 9.21. The van der Waals surface area contributed by atoms with Gasteiger partial charge in [0, 0.05) is 45.3 Å². The van der Waals surface area contributed by atoms with Crippen molar-refractivity contribution in [2.24, 2.45) is 0 Å². The molecule has 100 valence electrons. The zero-order chi connectivity index (χ0) is 13.1. The summed E-state index contributed by atoms with van der Waals surface area (Å²) in [5.41, 5.74) is 1.89. The van der Waals surface area contributed by atoms with Crippen molar-refractivity contribution in [2.45, 2.75) is 12.5 Å². The van der Waals surface area contributed by atoms with Crippen LogP contribution in [-0.4, -0.2) is 50.2 Å². The van der Waals surface area contributed by atoms with Crippen molar-refractivity contribution in [1.29, 1.82) is 5.26 Å². The van der Waals surface area contributed by atoms with Gasteiger partial charge in [-0.2, -0.15) is 5.26 Å². The molecule has 0 aromatic heterocycles. The lowest BCUT2D eigenvalue weighted by molar-refractivity contribution is 0.155. The lowest BCUT2D eigenvalue weighted by Crippen LogP contribution is -2.57. The highest BCUT2D eigenvalue weighted by Crippen LogP contribution is 2.21. The summed E-state index contributed by atoms with van der Waals surface area (Å²) in [6, 6.07) is 11.0. The lowest BCUT2D eigenvalue weighted by atomic mass is 10.1. The molecule has 3 rings (SSSR count). The van der Waals surface area contributed by atoms with E-state index in [2.05, 4.69) is 27.3 Å². The van der Waals surface area contributed by atoms with E-state index in [1.165, 1.54) is 13.0 Å². The van der Waals surface area contributed by atoms with Crippen LogP contribution < -0.4 is 10.2 Å². The molecule has 0 spiro atoms. The van der Waals surface area contributed by atoms with Crippen molar-refractivity contribution in [3.8, 4) is 6.07 Å². The van der Waals surface area contributed by atoms with Crippen molar-refractivity contribution in [2.75, 3.05) is 44.2 Å². The Morgan fingerprint density at radius 1 is 1.11 bits per heavy atom. The average Bonchev–Trinajstić information content (AvgIpc) is 2.63. The van der Waals surface area contributed by atoms with Crippen LogP contribution in [0.25, 0.3) is 0 Å². The van der Waals surface area contributed by atoms with E-state index in [9.17, 15) is 5.26 Å². The predicted molar refractivity (Wildman–Crippen MR) is 76.2 cm³/mol. The summed E-state index contributed by atoms with van der Waals surface area (Å²) < 4.78 is 0. The Labute approximate surface area is 114 Å². The topological polar surface area (TPSA) is 42.3 Å². The molecular weight excluding hydrogens is 236 g/mol. The fourth-order valence-electron chi connectivity index (χ4n) is 2.92. The molecule has 2 aliphatic rings. The number of rotatable bonds is 2. The summed E-state index contributed by atoms with van der Waals surface area (Å²) in [5.74, 6) is 0. The Bertz CT molecular complexity index is 475. The molecular formula is C15H20N4. The van der Waals surface area contributed by atoms with E-state index in [0.29, 0.717) is 0 Å². The monoisotopic (exact) mass is 256 g/mol. The maximum atomic E-state index is 9.21. The molecule has 0 amide bonds. The molecule has 1 aromatic rings. The van der Waals surface area contributed by atoms with Gasteiger partial charge in [-0.15, -0.1) is 0 Å². The third-order valence-electron chi connectivity index (χ3n) is 4.17. The molecule has 2 aliphatic heterocycles. The van der Waals surface area contributed by atoms with Crippen LogP contribution in [0.1, 0.15) is 12.0 Å². The minimum atomic E-state index is 0.728. The largest absolute Gasteiger partial charge is 0.369 e. The molecule has 0 bridgehead atoms. The number of nitrogens with one attached hydrogen (secondary N) is 1. The number of anilines is 1. The fraction of sp³-hybridized carbons (Fsp3) is 0.533. The average molecular weight is 256 g/mol. The van der Waals surface area contributed by atoms with Crippen LogP contribution in [0.2, 0.25) is 0 Å². The van der Waals surface area contributed by atoms with E-state index in [1.807, 2.05) is 18.2 Å². The lowest BCUT2D eigenvalue weighted by Gasteiger charge is -2.37. The van der Waals surface area contributed by atoms with Crippen LogP contribution in [0, 0.1) is 11.3 Å². The number of hydrogen-bond donors (Lipinski definition) is 1. The van der Waals surface area contributed by atoms with Crippen LogP contribution in [0.4, 0.5) is 5.69 Å². The zero-order valence-corrected chi connectivity index (χ0v) is 11.2. The molecule has 4 nitrogen and oxygen atoms in total. The normalized spacial score (nSPS) is 21.5. The van der Waals surface area contributed by atoms with Gasteiger partial charge in [-0.3, -0.25) is 4.90 Å². The van der Waals surface area contributed by atoms with Gasteiger partial charge in [0.15, 0.2) is 0 Å². The van der Waals surface area contributed by atoms with Crippen LogP contribution in [0.5, 0.6) is 0 Å². The van der Waals surface area contributed by atoms with Gasteiger partial charge in [0.25, 0.3) is 0 Å². The van der Waals surface area contributed by atoms with Crippen LogP contribution >= 0.6 is 0 Å². The van der Waals surface area contributed by atoms with Crippen LogP contribution in [0.3, 0.4) is 0 Å². The highest BCUT2D eigenvalue weighted by Gasteiger charge is 2.26. The van der Waals surface area contributed by atoms with Gasteiger partial charge in [-0.05, 0) is 18.6 Å². The Kier molecular flexibility index (Phi) is 3.67. The summed E-state index contributed by atoms with van der Waals surface area (Å²) in [7, 11) is 0. The van der Waals surface area contributed by atoms with E-state index in [4.69, 9.17) is 0 Å². The van der Waals surface area contributed by atoms with E-state index in [1.54, 1.807) is 0 Å². The summed E-state index contributed by atoms with van der Waals surface area (Å²) in [6.07, 6.45) is 1.18. The van der Waals surface area contributed by atoms with Gasteiger partial charge in [-0.1, -0.05) is 12.1 Å². The summed E-state index contributed by atoms with van der Waals surface area (Å²) in [6.45, 7) is 6.62. The molecule has 2 fully saturated rings. The van der Waals surface area contributed by atoms with Gasteiger partial charge in [0.05, 0.1) is 11.3 Å². The summed E-state index contributed by atoms with van der Waals surface area (Å²) >= 11 is 0. The molecule has 0 aliphatic carbocycles. The van der Waals surface area contributed by atoms with Crippen molar-refractivity contribution in [1.82, 2.24) is 10.2 Å². The number of hydrogen-bond acceptors (Lipinski definition) is 4. The Morgan fingerprint density at radius 3 is 2.68 bits per heavy atom. The van der Waals surface area contributed by atoms with Gasteiger partial charge >= 0.3 is 0 Å². The van der Waals surface area contributed by atoms with Crippen LogP contribution in [0.15, 0.2) is 24.3 Å². The first-order chi connectivity index (χ1) is 9.38. The summed E-state index contributed by atoms with van der Waals surface area (Å²) in [5, 5.41) is 12.6. The molecule has 4 heteroatoms. The van der Waals surface area contributed by atoms with Crippen molar-refractivity contribution < 1.29 is 0 Å². The van der Waals surface area contributed by atoms with Crippen LogP contribution in [-0.2, 0) is 0 Å². The first-order valence-electron chi connectivity index (χ1n) is 7.07. The molecule has 0 saturated carbocycles. The Balaban J connectivity index is 1.70. The molecule has 1 aromatic carbocycles. The minimum absolute atomic E-state index is 0.728. The Morgan fingerprint density at radius 2 is 1.95 bits per heavy atom. The van der Waals surface area contributed by atoms with E-state index >= 15 is 0 Å². The van der Waals surface area contributed by atoms with Gasteiger partial charge in [0.1, 0.15) is 6.07 Å². The van der Waals surface area contributed by atoms with E-state index < -0.39 is 0 Å². The van der Waals surface area contributed by atoms with Crippen molar-refractivity contribution in [3.05, 3.63) is 29.8 Å². The van der Waals surface area contributed by atoms with Gasteiger partial charge in [0.2, 0.25) is 0 Å². The van der Waals surface area contributed by atoms with E-state index in [0.717, 1.165) is 50.0 Å². The summed E-state index contributed by atoms with van der Waals surface area (Å²) in [4.78, 5) is 4.95. The first kappa shape index (κ1) is 12.5.